The number of rotatable bonds is 6. The van der Waals surface area contributed by atoms with Gasteiger partial charge in [-0.25, -0.2) is 13.1 Å². The number of aromatic nitrogens is 2. The second kappa shape index (κ2) is 6.04. The molecule has 9 heteroatoms. The van der Waals surface area contributed by atoms with Gasteiger partial charge in [0, 0.05) is 25.2 Å². The third-order valence-corrected chi connectivity index (χ3v) is 4.03. The lowest BCUT2D eigenvalue weighted by molar-refractivity contribution is 0.355. The van der Waals surface area contributed by atoms with Gasteiger partial charge in [-0.2, -0.15) is 0 Å². The number of fused-ring (bicyclic) bond motifs is 1. The van der Waals surface area contributed by atoms with E-state index >= 15 is 0 Å². The fourth-order valence-electron chi connectivity index (χ4n) is 2.05. The van der Waals surface area contributed by atoms with Crippen LogP contribution in [0.15, 0.2) is 12.1 Å². The highest BCUT2D eigenvalue weighted by Gasteiger charge is 2.11. The van der Waals surface area contributed by atoms with Gasteiger partial charge >= 0.3 is 0 Å². The Bertz CT molecular complexity index is 808. The number of nitrogens with zero attached hydrogens (tertiary/aromatic N) is 1. The fraction of sp³-hybridized carbons (Fsp3) is 0.417. The Balaban J connectivity index is 2.39. The van der Waals surface area contributed by atoms with E-state index in [9.17, 15) is 8.42 Å². The first-order chi connectivity index (χ1) is 9.85. The second-order valence-corrected chi connectivity index (χ2v) is 6.69. The number of methoxy groups -OCH3 is 2. The monoisotopic (exact) mass is 331 g/mol. The van der Waals surface area contributed by atoms with E-state index < -0.39 is 10.0 Å². The van der Waals surface area contributed by atoms with Crippen molar-refractivity contribution in [1.29, 1.82) is 0 Å². The van der Waals surface area contributed by atoms with Gasteiger partial charge in [0.15, 0.2) is 16.3 Å². The molecule has 2 aromatic rings. The van der Waals surface area contributed by atoms with E-state index in [-0.39, 0.29) is 6.54 Å². The van der Waals surface area contributed by atoms with Gasteiger partial charge in [-0.05, 0) is 12.2 Å². The molecule has 116 valence electrons. The Labute approximate surface area is 127 Å². The van der Waals surface area contributed by atoms with Gasteiger partial charge in [-0.3, -0.25) is 0 Å². The average Bonchev–Trinajstić information content (AvgIpc) is 2.71. The maximum absolute atomic E-state index is 11.1. The molecular weight excluding hydrogens is 314 g/mol. The van der Waals surface area contributed by atoms with E-state index in [1.807, 2.05) is 4.57 Å². The first-order valence-corrected chi connectivity index (χ1v) is 8.45. The van der Waals surface area contributed by atoms with Crippen LogP contribution in [-0.4, -0.2) is 45.0 Å². The van der Waals surface area contributed by atoms with Crippen LogP contribution in [0.25, 0.3) is 11.0 Å². The van der Waals surface area contributed by atoms with Crippen molar-refractivity contribution in [2.45, 2.75) is 6.54 Å². The number of benzene rings is 1. The molecule has 7 nitrogen and oxygen atoms in total. The lowest BCUT2D eigenvalue weighted by Crippen LogP contribution is -2.26. The van der Waals surface area contributed by atoms with Crippen LogP contribution in [-0.2, 0) is 16.6 Å². The maximum atomic E-state index is 11.1. The zero-order valence-corrected chi connectivity index (χ0v) is 13.6. The normalized spacial score (nSPS) is 11.8. The first kappa shape index (κ1) is 15.8. The minimum atomic E-state index is -3.22. The summed E-state index contributed by atoms with van der Waals surface area (Å²) in [5.74, 6) is 1.19. The lowest BCUT2D eigenvalue weighted by atomic mass is 10.2. The molecule has 0 aliphatic carbocycles. The van der Waals surface area contributed by atoms with Gasteiger partial charge in [0.2, 0.25) is 10.0 Å². The highest BCUT2D eigenvalue weighted by molar-refractivity contribution is 7.88. The number of ether oxygens (including phenoxy) is 2. The topological polar surface area (TPSA) is 85.4 Å². The number of imidazole rings is 1. The standard InChI is InChI=1S/C12H17N3O4S2/c1-18-10-6-8-9(7-11(10)19-2)15(12(20)14-8)5-4-13-21(3,16)17/h6-7,13H,4-5H2,1-3H3,(H,14,20). The summed E-state index contributed by atoms with van der Waals surface area (Å²) >= 11 is 5.27. The van der Waals surface area contributed by atoms with Crippen molar-refractivity contribution >= 4 is 33.3 Å². The van der Waals surface area contributed by atoms with E-state index in [0.29, 0.717) is 22.8 Å². The summed E-state index contributed by atoms with van der Waals surface area (Å²) in [6.07, 6.45) is 1.12. The van der Waals surface area contributed by atoms with Gasteiger partial charge in [-0.1, -0.05) is 0 Å². The van der Waals surface area contributed by atoms with Crippen molar-refractivity contribution in [3.8, 4) is 11.5 Å². The van der Waals surface area contributed by atoms with E-state index in [2.05, 4.69) is 9.71 Å². The summed E-state index contributed by atoms with van der Waals surface area (Å²) in [4.78, 5) is 3.07. The molecule has 0 atom stereocenters. The van der Waals surface area contributed by atoms with Crippen LogP contribution in [0, 0.1) is 4.77 Å². The lowest BCUT2D eigenvalue weighted by Gasteiger charge is -2.09. The van der Waals surface area contributed by atoms with Crippen molar-refractivity contribution in [2.75, 3.05) is 27.0 Å². The first-order valence-electron chi connectivity index (χ1n) is 6.15. The molecule has 0 aliphatic heterocycles. The summed E-state index contributed by atoms with van der Waals surface area (Å²) in [6.45, 7) is 0.676. The van der Waals surface area contributed by atoms with Gasteiger partial charge in [0.1, 0.15) is 0 Å². The Morgan fingerprint density at radius 1 is 1.29 bits per heavy atom. The van der Waals surface area contributed by atoms with Crippen LogP contribution in [0.3, 0.4) is 0 Å². The SMILES string of the molecule is COc1cc2[nH]c(=S)n(CCNS(C)(=O)=O)c2cc1OC. The Hall–Kier alpha value is -1.58. The van der Waals surface area contributed by atoms with Gasteiger partial charge < -0.3 is 19.0 Å². The predicted octanol–water partition coefficient (Wildman–Crippen LogP) is 1.27. The Kier molecular flexibility index (Phi) is 4.55. The van der Waals surface area contributed by atoms with Gasteiger partial charge in [0.05, 0.1) is 31.5 Å². The van der Waals surface area contributed by atoms with Crippen LogP contribution in [0.5, 0.6) is 11.5 Å². The molecule has 0 bridgehead atoms. The zero-order chi connectivity index (χ0) is 15.6. The summed E-state index contributed by atoms with van der Waals surface area (Å²) in [5, 5.41) is 0. The number of nitrogens with one attached hydrogen (secondary N) is 2. The van der Waals surface area contributed by atoms with Gasteiger partial charge in [-0.15, -0.1) is 0 Å². The largest absolute Gasteiger partial charge is 0.493 e. The molecule has 0 saturated heterocycles. The van der Waals surface area contributed by atoms with Crippen molar-refractivity contribution in [2.24, 2.45) is 0 Å². The molecule has 0 aliphatic rings. The smallest absolute Gasteiger partial charge is 0.208 e. The molecule has 1 heterocycles. The number of hydrogen-bond donors (Lipinski definition) is 2. The predicted molar refractivity (Wildman–Crippen MR) is 83.1 cm³/mol. The van der Waals surface area contributed by atoms with Crippen LogP contribution in [0.4, 0.5) is 0 Å². The zero-order valence-electron chi connectivity index (χ0n) is 12.0. The third kappa shape index (κ3) is 3.55. The third-order valence-electron chi connectivity index (χ3n) is 2.98. The van der Waals surface area contributed by atoms with E-state index in [4.69, 9.17) is 21.7 Å². The molecule has 0 unspecified atom stereocenters. The van der Waals surface area contributed by atoms with E-state index in [1.165, 1.54) is 0 Å². The quantitative estimate of drug-likeness (QED) is 0.779. The summed E-state index contributed by atoms with van der Waals surface area (Å²) in [6, 6.07) is 3.60. The molecule has 1 aromatic heterocycles. The Morgan fingerprint density at radius 3 is 2.48 bits per heavy atom. The maximum Gasteiger partial charge on any atom is 0.208 e. The minimum Gasteiger partial charge on any atom is -0.493 e. The second-order valence-electron chi connectivity index (χ2n) is 4.47. The molecule has 0 radical (unpaired) electrons. The molecular formula is C12H17N3O4S2. The minimum absolute atomic E-state index is 0.258. The number of H-pyrrole nitrogens is 1. The highest BCUT2D eigenvalue weighted by atomic mass is 32.2. The van der Waals surface area contributed by atoms with Crippen molar-refractivity contribution < 1.29 is 17.9 Å². The molecule has 0 fully saturated rings. The molecule has 2 rings (SSSR count). The Morgan fingerprint density at radius 2 is 1.90 bits per heavy atom. The summed E-state index contributed by atoms with van der Waals surface area (Å²) < 4.78 is 37.5. The molecule has 0 amide bonds. The number of aromatic amines is 1. The van der Waals surface area contributed by atoms with Gasteiger partial charge in [0.25, 0.3) is 0 Å². The highest BCUT2D eigenvalue weighted by Crippen LogP contribution is 2.31. The van der Waals surface area contributed by atoms with Crippen molar-refractivity contribution in [1.82, 2.24) is 14.3 Å². The van der Waals surface area contributed by atoms with E-state index in [0.717, 1.165) is 17.3 Å². The molecule has 0 spiro atoms. The molecule has 0 saturated carbocycles. The number of sulfonamides is 1. The van der Waals surface area contributed by atoms with Crippen LogP contribution in [0.1, 0.15) is 0 Å². The molecule has 21 heavy (non-hydrogen) atoms. The van der Waals surface area contributed by atoms with Crippen LogP contribution >= 0.6 is 12.2 Å². The summed E-state index contributed by atoms with van der Waals surface area (Å²) in [7, 11) is -0.102. The van der Waals surface area contributed by atoms with E-state index in [1.54, 1.807) is 26.4 Å². The molecule has 2 N–H and O–H groups in total. The average molecular weight is 331 g/mol. The fourth-order valence-corrected chi connectivity index (χ4v) is 2.81. The van der Waals surface area contributed by atoms with Crippen molar-refractivity contribution in [3.05, 3.63) is 16.9 Å². The summed E-state index contributed by atoms with van der Waals surface area (Å²) in [5.41, 5.74) is 1.63. The van der Waals surface area contributed by atoms with Crippen LogP contribution in [0.2, 0.25) is 0 Å². The van der Waals surface area contributed by atoms with Crippen LogP contribution < -0.4 is 14.2 Å². The van der Waals surface area contributed by atoms with Crippen molar-refractivity contribution in [3.63, 3.8) is 0 Å². The number of hydrogen-bond acceptors (Lipinski definition) is 5. The molecule has 1 aromatic carbocycles.